The third-order valence-electron chi connectivity index (χ3n) is 3.49. The van der Waals surface area contributed by atoms with Crippen molar-refractivity contribution in [3.63, 3.8) is 0 Å². The summed E-state index contributed by atoms with van der Waals surface area (Å²) in [4.78, 5) is 13.8. The van der Waals surface area contributed by atoms with Crippen LogP contribution in [0.2, 0.25) is 0 Å². The van der Waals surface area contributed by atoms with Gasteiger partial charge in [-0.1, -0.05) is 25.1 Å². The van der Waals surface area contributed by atoms with Gasteiger partial charge in [-0.05, 0) is 24.0 Å². The molecule has 1 unspecified atom stereocenters. The lowest BCUT2D eigenvalue weighted by atomic mass is 9.97. The van der Waals surface area contributed by atoms with Crippen molar-refractivity contribution < 1.29 is 9.18 Å². The van der Waals surface area contributed by atoms with Crippen LogP contribution in [0.4, 0.5) is 4.39 Å². The van der Waals surface area contributed by atoms with Crippen LogP contribution in [0.3, 0.4) is 0 Å². The molecule has 106 valence electrons. The number of nitrogens with two attached hydrogens (primary N) is 1. The molecular formula is C14H20ClFN2O. The van der Waals surface area contributed by atoms with Crippen molar-refractivity contribution in [2.45, 2.75) is 31.7 Å². The van der Waals surface area contributed by atoms with Gasteiger partial charge < -0.3 is 10.6 Å². The predicted molar refractivity (Wildman–Crippen MR) is 75.9 cm³/mol. The quantitative estimate of drug-likeness (QED) is 0.927. The minimum absolute atomic E-state index is 0. The summed E-state index contributed by atoms with van der Waals surface area (Å²) in [6.45, 7) is 3.24. The minimum Gasteiger partial charge on any atom is -0.341 e. The van der Waals surface area contributed by atoms with Crippen molar-refractivity contribution in [2.75, 3.05) is 13.1 Å². The highest BCUT2D eigenvalue weighted by Crippen LogP contribution is 2.23. The molecule has 3 nitrogen and oxygen atoms in total. The van der Waals surface area contributed by atoms with Crippen LogP contribution in [0.15, 0.2) is 24.3 Å². The molecule has 0 aromatic heterocycles. The van der Waals surface area contributed by atoms with Gasteiger partial charge in [0.1, 0.15) is 5.82 Å². The Kier molecular flexibility index (Phi) is 5.76. The van der Waals surface area contributed by atoms with Crippen LogP contribution < -0.4 is 5.73 Å². The zero-order valence-corrected chi connectivity index (χ0v) is 11.8. The van der Waals surface area contributed by atoms with E-state index in [1.807, 2.05) is 6.92 Å². The Hall–Kier alpha value is -1.13. The van der Waals surface area contributed by atoms with Crippen LogP contribution in [0.25, 0.3) is 0 Å². The summed E-state index contributed by atoms with van der Waals surface area (Å²) in [6, 6.07) is 6.72. The van der Waals surface area contributed by atoms with Crippen LogP contribution in [-0.2, 0) is 4.79 Å². The van der Waals surface area contributed by atoms with Crippen molar-refractivity contribution in [2.24, 2.45) is 5.73 Å². The Morgan fingerprint density at radius 1 is 1.53 bits per heavy atom. The second kappa shape index (κ2) is 6.87. The van der Waals surface area contributed by atoms with Crippen LogP contribution in [0.1, 0.15) is 31.2 Å². The Morgan fingerprint density at radius 3 is 2.79 bits per heavy atom. The van der Waals surface area contributed by atoms with Gasteiger partial charge in [0.05, 0.1) is 0 Å². The minimum atomic E-state index is -0.240. The molecule has 1 aliphatic rings. The first-order chi connectivity index (χ1) is 8.58. The van der Waals surface area contributed by atoms with Gasteiger partial charge in [0.25, 0.3) is 0 Å². The molecule has 0 aliphatic carbocycles. The number of nitrogens with zero attached hydrogens (tertiary/aromatic N) is 1. The van der Waals surface area contributed by atoms with E-state index in [1.165, 1.54) is 6.07 Å². The summed E-state index contributed by atoms with van der Waals surface area (Å²) in [6.07, 6.45) is 1.20. The molecule has 1 aromatic rings. The molecular weight excluding hydrogens is 267 g/mol. The predicted octanol–water partition coefficient (Wildman–Crippen LogP) is 2.30. The lowest BCUT2D eigenvalue weighted by molar-refractivity contribution is -0.130. The third-order valence-corrected chi connectivity index (χ3v) is 3.49. The monoisotopic (exact) mass is 286 g/mol. The highest BCUT2D eigenvalue weighted by Gasteiger charge is 2.25. The molecule has 1 fully saturated rings. The topological polar surface area (TPSA) is 46.3 Å². The molecule has 2 rings (SSSR count). The molecule has 0 radical (unpaired) electrons. The molecule has 0 bridgehead atoms. The molecule has 1 heterocycles. The van der Waals surface area contributed by atoms with Gasteiger partial charge in [0.2, 0.25) is 5.91 Å². The van der Waals surface area contributed by atoms with E-state index in [0.717, 1.165) is 13.0 Å². The highest BCUT2D eigenvalue weighted by atomic mass is 35.5. The molecule has 1 aromatic carbocycles. The van der Waals surface area contributed by atoms with Gasteiger partial charge in [-0.2, -0.15) is 0 Å². The average molecular weight is 287 g/mol. The first kappa shape index (κ1) is 15.9. The summed E-state index contributed by atoms with van der Waals surface area (Å²) >= 11 is 0. The van der Waals surface area contributed by atoms with Gasteiger partial charge in [0, 0.05) is 25.6 Å². The Balaban J connectivity index is 0.00000180. The van der Waals surface area contributed by atoms with Gasteiger partial charge in [0.15, 0.2) is 0 Å². The number of halogens is 2. The van der Waals surface area contributed by atoms with E-state index in [4.69, 9.17) is 5.73 Å². The second-order valence-electron chi connectivity index (χ2n) is 5.02. The van der Waals surface area contributed by atoms with E-state index in [2.05, 4.69) is 0 Å². The van der Waals surface area contributed by atoms with Crippen molar-refractivity contribution in [1.29, 1.82) is 0 Å². The summed E-state index contributed by atoms with van der Waals surface area (Å²) in [5.74, 6) is -0.273. The standard InChI is InChI=1S/C14H19FN2O.ClH/c1-10(12-4-2-3-5-13(12)15)8-14(18)17-7-6-11(16)9-17;/h2-5,10-11H,6-9,16H2,1H3;1H/t10?,11-;/m1./s1. The van der Waals surface area contributed by atoms with Crippen LogP contribution >= 0.6 is 12.4 Å². The summed E-state index contributed by atoms with van der Waals surface area (Å²) < 4.78 is 13.6. The lowest BCUT2D eigenvalue weighted by Crippen LogP contribution is -2.32. The first-order valence-electron chi connectivity index (χ1n) is 6.35. The van der Waals surface area contributed by atoms with Crippen molar-refractivity contribution >= 4 is 18.3 Å². The number of hydrogen-bond acceptors (Lipinski definition) is 2. The van der Waals surface area contributed by atoms with Crippen molar-refractivity contribution in [1.82, 2.24) is 4.90 Å². The molecule has 1 saturated heterocycles. The number of benzene rings is 1. The number of carbonyl (C=O) groups is 1. The highest BCUT2D eigenvalue weighted by molar-refractivity contribution is 5.85. The van der Waals surface area contributed by atoms with E-state index in [0.29, 0.717) is 18.5 Å². The molecule has 2 atom stereocenters. The third kappa shape index (κ3) is 3.91. The van der Waals surface area contributed by atoms with Crippen LogP contribution in [0, 0.1) is 5.82 Å². The zero-order chi connectivity index (χ0) is 13.1. The smallest absolute Gasteiger partial charge is 0.223 e. The Morgan fingerprint density at radius 2 is 2.21 bits per heavy atom. The Labute approximate surface area is 119 Å². The van der Waals surface area contributed by atoms with Gasteiger partial charge >= 0.3 is 0 Å². The second-order valence-corrected chi connectivity index (χ2v) is 5.02. The maximum Gasteiger partial charge on any atom is 0.223 e. The van der Waals surface area contributed by atoms with E-state index in [-0.39, 0.29) is 36.1 Å². The van der Waals surface area contributed by atoms with E-state index < -0.39 is 0 Å². The van der Waals surface area contributed by atoms with Gasteiger partial charge in [-0.25, -0.2) is 4.39 Å². The molecule has 0 spiro atoms. The first-order valence-corrected chi connectivity index (χ1v) is 6.35. The van der Waals surface area contributed by atoms with Gasteiger partial charge in [-0.3, -0.25) is 4.79 Å². The molecule has 1 aliphatic heterocycles. The van der Waals surface area contributed by atoms with Crippen molar-refractivity contribution in [3.8, 4) is 0 Å². The van der Waals surface area contributed by atoms with Crippen molar-refractivity contribution in [3.05, 3.63) is 35.6 Å². The number of likely N-dealkylation sites (tertiary alicyclic amines) is 1. The number of amides is 1. The molecule has 0 saturated carbocycles. The maximum atomic E-state index is 13.6. The normalized spacial score (nSPS) is 19.9. The SMILES string of the molecule is CC(CC(=O)N1CC[C@@H](N)C1)c1ccccc1F.Cl. The Bertz CT molecular complexity index is 441. The zero-order valence-electron chi connectivity index (χ0n) is 11.0. The summed E-state index contributed by atoms with van der Waals surface area (Å²) in [5.41, 5.74) is 6.38. The van der Waals surface area contributed by atoms with E-state index in [9.17, 15) is 9.18 Å². The van der Waals surface area contributed by atoms with E-state index in [1.54, 1.807) is 23.1 Å². The molecule has 2 N–H and O–H groups in total. The number of carbonyl (C=O) groups excluding carboxylic acids is 1. The van der Waals surface area contributed by atoms with E-state index >= 15 is 0 Å². The fourth-order valence-corrected chi connectivity index (χ4v) is 2.39. The fraction of sp³-hybridized carbons (Fsp3) is 0.500. The summed E-state index contributed by atoms with van der Waals surface area (Å²) in [7, 11) is 0. The largest absolute Gasteiger partial charge is 0.341 e. The fourth-order valence-electron chi connectivity index (χ4n) is 2.39. The van der Waals surface area contributed by atoms with Crippen LogP contribution in [0.5, 0.6) is 0 Å². The molecule has 19 heavy (non-hydrogen) atoms. The number of hydrogen-bond donors (Lipinski definition) is 1. The maximum absolute atomic E-state index is 13.6. The summed E-state index contributed by atoms with van der Waals surface area (Å²) in [5, 5.41) is 0. The van der Waals surface area contributed by atoms with Gasteiger partial charge in [-0.15, -0.1) is 12.4 Å². The molecule has 1 amide bonds. The molecule has 5 heteroatoms. The lowest BCUT2D eigenvalue weighted by Gasteiger charge is -2.19. The van der Waals surface area contributed by atoms with Crippen LogP contribution in [-0.4, -0.2) is 29.9 Å². The number of rotatable bonds is 3. The average Bonchev–Trinajstić information content (AvgIpc) is 2.76.